The zero-order chi connectivity index (χ0) is 12.3. The van der Waals surface area contributed by atoms with Gasteiger partial charge in [0.2, 0.25) is 0 Å². The van der Waals surface area contributed by atoms with Gasteiger partial charge in [-0.15, -0.1) is 0 Å². The summed E-state index contributed by atoms with van der Waals surface area (Å²) in [6.45, 7) is 7.24. The van der Waals surface area contributed by atoms with Crippen molar-refractivity contribution in [2.75, 3.05) is 19.6 Å². The number of hydrogen-bond donors (Lipinski definition) is 1. The molecule has 6 heteroatoms. The molecule has 0 saturated carbocycles. The lowest BCUT2D eigenvalue weighted by Crippen LogP contribution is -2.53. The Hall–Kier alpha value is -0.170. The van der Waals surface area contributed by atoms with E-state index in [0.717, 1.165) is 12.8 Å². The molecule has 1 saturated heterocycles. The van der Waals surface area contributed by atoms with E-state index in [2.05, 4.69) is 0 Å². The highest BCUT2D eigenvalue weighted by Gasteiger charge is 2.35. The highest BCUT2D eigenvalue weighted by Crippen LogP contribution is 2.21. The van der Waals surface area contributed by atoms with Crippen LogP contribution in [0.1, 0.15) is 33.6 Å². The first-order chi connectivity index (χ1) is 7.43. The average molecular weight is 249 g/mol. The topological polar surface area (TPSA) is 66.6 Å². The Morgan fingerprint density at radius 1 is 1.38 bits per heavy atom. The fraction of sp³-hybridized carbons (Fsp3) is 1.00. The molecule has 2 N–H and O–H groups in total. The van der Waals surface area contributed by atoms with Crippen molar-refractivity contribution < 1.29 is 8.42 Å². The molecule has 5 nitrogen and oxygen atoms in total. The number of nitrogens with zero attached hydrogens (tertiary/aromatic N) is 2. The van der Waals surface area contributed by atoms with Crippen LogP contribution in [0.4, 0.5) is 0 Å². The summed E-state index contributed by atoms with van der Waals surface area (Å²) < 4.78 is 27.6. The van der Waals surface area contributed by atoms with E-state index in [4.69, 9.17) is 5.73 Å². The molecule has 1 rings (SSSR count). The van der Waals surface area contributed by atoms with Gasteiger partial charge in [-0.3, -0.25) is 0 Å². The molecule has 0 amide bonds. The van der Waals surface area contributed by atoms with E-state index in [1.54, 1.807) is 4.31 Å². The second-order valence-electron chi connectivity index (χ2n) is 4.34. The Kier molecular flexibility index (Phi) is 4.73. The molecule has 0 aliphatic carbocycles. The zero-order valence-electron chi connectivity index (χ0n) is 10.4. The van der Waals surface area contributed by atoms with Gasteiger partial charge in [-0.05, 0) is 19.8 Å². The van der Waals surface area contributed by atoms with E-state index < -0.39 is 10.2 Å². The summed E-state index contributed by atoms with van der Waals surface area (Å²) >= 11 is 0. The van der Waals surface area contributed by atoms with Crippen molar-refractivity contribution in [2.24, 2.45) is 5.73 Å². The van der Waals surface area contributed by atoms with E-state index in [1.165, 1.54) is 4.31 Å². The normalized spacial score (nSPS) is 28.6. The van der Waals surface area contributed by atoms with Gasteiger partial charge in [0.1, 0.15) is 0 Å². The van der Waals surface area contributed by atoms with Crippen molar-refractivity contribution in [3.05, 3.63) is 0 Å². The summed E-state index contributed by atoms with van der Waals surface area (Å²) in [6, 6.07) is 0.146. The Morgan fingerprint density at radius 3 is 2.38 bits per heavy atom. The molecular weight excluding hydrogens is 226 g/mol. The van der Waals surface area contributed by atoms with Gasteiger partial charge in [-0.25, -0.2) is 0 Å². The van der Waals surface area contributed by atoms with Crippen molar-refractivity contribution in [3.63, 3.8) is 0 Å². The second kappa shape index (κ2) is 5.44. The molecule has 0 aromatic heterocycles. The summed E-state index contributed by atoms with van der Waals surface area (Å²) in [6.07, 6.45) is 1.51. The first kappa shape index (κ1) is 13.9. The molecule has 0 radical (unpaired) electrons. The predicted octanol–water partition coefficient (Wildman–Crippen LogP) is 0.385. The van der Waals surface area contributed by atoms with E-state index in [-0.39, 0.29) is 12.1 Å². The fourth-order valence-electron chi connectivity index (χ4n) is 2.23. The predicted molar refractivity (Wildman–Crippen MR) is 65.2 cm³/mol. The largest absolute Gasteiger partial charge is 0.328 e. The molecule has 1 fully saturated rings. The highest BCUT2D eigenvalue weighted by atomic mass is 32.2. The molecule has 0 bridgehead atoms. The van der Waals surface area contributed by atoms with Crippen LogP contribution in [-0.2, 0) is 10.2 Å². The third-order valence-corrected chi connectivity index (χ3v) is 5.49. The second-order valence-corrected chi connectivity index (χ2v) is 6.22. The third-order valence-electron chi connectivity index (χ3n) is 3.18. The fourth-order valence-corrected chi connectivity index (χ4v) is 4.05. The average Bonchev–Trinajstić information content (AvgIpc) is 2.18. The van der Waals surface area contributed by atoms with Crippen LogP contribution in [0.2, 0.25) is 0 Å². The van der Waals surface area contributed by atoms with E-state index in [1.807, 2.05) is 20.8 Å². The summed E-state index contributed by atoms with van der Waals surface area (Å²) in [5.74, 6) is 0. The van der Waals surface area contributed by atoms with Gasteiger partial charge >= 0.3 is 0 Å². The lowest BCUT2D eigenvalue weighted by molar-refractivity contribution is 0.230. The van der Waals surface area contributed by atoms with Gasteiger partial charge < -0.3 is 5.73 Å². The van der Waals surface area contributed by atoms with Gasteiger partial charge in [0.25, 0.3) is 10.2 Å². The summed E-state index contributed by atoms with van der Waals surface area (Å²) in [7, 11) is -3.29. The molecule has 1 aliphatic heterocycles. The quantitative estimate of drug-likeness (QED) is 0.783. The van der Waals surface area contributed by atoms with Crippen molar-refractivity contribution in [2.45, 2.75) is 45.7 Å². The van der Waals surface area contributed by atoms with E-state index in [0.29, 0.717) is 19.6 Å². The monoisotopic (exact) mass is 249 g/mol. The lowest BCUT2D eigenvalue weighted by Gasteiger charge is -2.37. The van der Waals surface area contributed by atoms with Crippen LogP contribution in [-0.4, -0.2) is 48.7 Å². The maximum Gasteiger partial charge on any atom is 0.282 e. The minimum absolute atomic E-state index is 0.00866. The highest BCUT2D eigenvalue weighted by molar-refractivity contribution is 7.86. The van der Waals surface area contributed by atoms with Crippen LogP contribution in [0, 0.1) is 0 Å². The van der Waals surface area contributed by atoms with Crippen molar-refractivity contribution >= 4 is 10.2 Å². The van der Waals surface area contributed by atoms with Crippen molar-refractivity contribution in [1.82, 2.24) is 8.61 Å². The van der Waals surface area contributed by atoms with Crippen LogP contribution in [0.5, 0.6) is 0 Å². The zero-order valence-corrected chi connectivity index (χ0v) is 11.2. The molecule has 2 atom stereocenters. The van der Waals surface area contributed by atoms with Gasteiger partial charge in [-0.2, -0.15) is 17.0 Å². The Balaban J connectivity index is 2.83. The number of piperidine rings is 1. The maximum absolute atomic E-state index is 12.3. The van der Waals surface area contributed by atoms with E-state index in [9.17, 15) is 8.42 Å². The minimum Gasteiger partial charge on any atom is -0.328 e. The van der Waals surface area contributed by atoms with Gasteiger partial charge in [0.05, 0.1) is 0 Å². The van der Waals surface area contributed by atoms with Crippen LogP contribution in [0.15, 0.2) is 0 Å². The summed E-state index contributed by atoms with van der Waals surface area (Å²) in [5, 5.41) is 0. The first-order valence-corrected chi connectivity index (χ1v) is 7.35. The molecule has 0 aromatic carbocycles. The molecule has 96 valence electrons. The smallest absolute Gasteiger partial charge is 0.282 e. The van der Waals surface area contributed by atoms with Crippen LogP contribution >= 0.6 is 0 Å². The molecule has 0 spiro atoms. The standard InChI is InChI=1S/C10H23N3O2S/c1-4-12(5-2)16(14,15)13-7-6-10(11)8-9(13)3/h9-10H,4-8,11H2,1-3H3. The van der Waals surface area contributed by atoms with Crippen LogP contribution in [0.25, 0.3) is 0 Å². The molecule has 0 aromatic rings. The van der Waals surface area contributed by atoms with Crippen LogP contribution < -0.4 is 5.73 Å². The maximum atomic E-state index is 12.3. The Labute approximate surface area is 98.8 Å². The summed E-state index contributed by atoms with van der Waals surface area (Å²) in [5.41, 5.74) is 5.84. The van der Waals surface area contributed by atoms with Crippen LogP contribution in [0.3, 0.4) is 0 Å². The molecule has 1 heterocycles. The van der Waals surface area contributed by atoms with Gasteiger partial charge in [0.15, 0.2) is 0 Å². The summed E-state index contributed by atoms with van der Waals surface area (Å²) in [4.78, 5) is 0. The third kappa shape index (κ3) is 2.74. The van der Waals surface area contributed by atoms with Gasteiger partial charge in [-0.1, -0.05) is 13.8 Å². The van der Waals surface area contributed by atoms with Crippen molar-refractivity contribution in [1.29, 1.82) is 0 Å². The first-order valence-electron chi connectivity index (χ1n) is 5.96. The molecule has 16 heavy (non-hydrogen) atoms. The SMILES string of the molecule is CCN(CC)S(=O)(=O)N1CCC(N)CC1C. The number of rotatable bonds is 4. The number of nitrogens with two attached hydrogens (primary N) is 1. The Bertz CT molecular complexity index is 314. The Morgan fingerprint density at radius 2 is 1.94 bits per heavy atom. The lowest BCUT2D eigenvalue weighted by atomic mass is 10.0. The van der Waals surface area contributed by atoms with Crippen molar-refractivity contribution in [3.8, 4) is 0 Å². The van der Waals surface area contributed by atoms with E-state index >= 15 is 0 Å². The minimum atomic E-state index is -3.29. The number of hydrogen-bond acceptors (Lipinski definition) is 3. The van der Waals surface area contributed by atoms with Gasteiger partial charge in [0, 0.05) is 31.7 Å². The molecule has 2 unspecified atom stereocenters. The molecule has 1 aliphatic rings. The molecular formula is C10H23N3O2S.